The Balaban J connectivity index is 0. The zero-order valence-electron chi connectivity index (χ0n) is 9.35. The Hall–Kier alpha value is -0.951. The fourth-order valence-electron chi connectivity index (χ4n) is 0.918. The van der Waals surface area contributed by atoms with E-state index in [1.165, 1.54) is 11.8 Å². The molecule has 1 aromatic carbocycles. The van der Waals surface area contributed by atoms with Crippen LogP contribution in [0.1, 0.15) is 13.3 Å². The molecule has 0 fully saturated rings. The minimum absolute atomic E-state index is 0. The maximum absolute atomic E-state index is 10.4. The average molecular weight is 299 g/mol. The number of benzene rings is 1. The zero-order chi connectivity index (χ0) is 12.2. The molecule has 3 nitrogen and oxygen atoms in total. The first-order valence-corrected chi connectivity index (χ1v) is 5.66. The molecule has 95 valence electrons. The Morgan fingerprint density at radius 2 is 2.00 bits per heavy atom. The van der Waals surface area contributed by atoms with Crippen molar-refractivity contribution in [3.8, 4) is 0 Å². The molecule has 5 heteroatoms. The third-order valence-corrected chi connectivity index (χ3v) is 2.54. The number of esters is 1. The predicted octanol–water partition coefficient (Wildman–Crippen LogP) is 2.99. The SMILES string of the molecule is CC(=O)O[CH-]CCSc1ccccc1.[C-]#N.[Cu+2]. The summed E-state index contributed by atoms with van der Waals surface area (Å²) in [5, 5.41) is 6.25. The van der Waals surface area contributed by atoms with Crippen LogP contribution in [0.25, 0.3) is 0 Å². The van der Waals surface area contributed by atoms with E-state index in [-0.39, 0.29) is 23.0 Å². The molecule has 0 saturated carbocycles. The molecule has 0 unspecified atom stereocenters. The molecule has 17 heavy (non-hydrogen) atoms. The van der Waals surface area contributed by atoms with Gasteiger partial charge in [-0.25, -0.2) is 0 Å². The molecule has 1 aromatic rings. The van der Waals surface area contributed by atoms with Gasteiger partial charge in [0.15, 0.2) is 0 Å². The third kappa shape index (κ3) is 11.3. The summed E-state index contributed by atoms with van der Waals surface area (Å²) in [7, 11) is 0. The van der Waals surface area contributed by atoms with Crippen molar-refractivity contribution in [3.05, 3.63) is 43.5 Å². The second-order valence-corrected chi connectivity index (χ2v) is 3.89. The molecule has 1 radical (unpaired) electrons. The smallest absolute Gasteiger partial charge is 0.637 e. The molecule has 0 N–H and O–H groups in total. The normalized spacial score (nSPS) is 8.18. The summed E-state index contributed by atoms with van der Waals surface area (Å²) in [6.45, 7) is 7.71. The van der Waals surface area contributed by atoms with Gasteiger partial charge in [0.2, 0.25) is 0 Å². The number of nitrogens with zero attached hydrogens (tertiary/aromatic N) is 1. The quantitative estimate of drug-likeness (QED) is 0.276. The Morgan fingerprint density at radius 3 is 2.53 bits per heavy atom. The molecule has 0 aliphatic carbocycles. The molecule has 0 spiro atoms. The first kappa shape index (κ1) is 18.4. The number of carbonyl (C=O) groups excluding carboxylic acids is 1. The van der Waals surface area contributed by atoms with Crippen molar-refractivity contribution in [2.45, 2.75) is 18.2 Å². The van der Waals surface area contributed by atoms with Crippen LogP contribution in [-0.2, 0) is 26.6 Å². The van der Waals surface area contributed by atoms with Crippen molar-refractivity contribution in [2.75, 3.05) is 5.75 Å². The Kier molecular flexibility index (Phi) is 14.2. The van der Waals surface area contributed by atoms with E-state index in [1.54, 1.807) is 18.4 Å². The van der Waals surface area contributed by atoms with Crippen LogP contribution in [0.3, 0.4) is 0 Å². The molecule has 1 rings (SSSR count). The largest absolute Gasteiger partial charge is 2.00 e. The number of carbonyl (C=O) groups is 1. The van der Waals surface area contributed by atoms with Crippen molar-refractivity contribution in [2.24, 2.45) is 0 Å². The summed E-state index contributed by atoms with van der Waals surface area (Å²) < 4.78 is 4.70. The van der Waals surface area contributed by atoms with E-state index in [2.05, 4.69) is 12.1 Å². The van der Waals surface area contributed by atoms with Crippen LogP contribution in [0.2, 0.25) is 0 Å². The van der Waals surface area contributed by atoms with Crippen LogP contribution in [-0.4, -0.2) is 11.7 Å². The van der Waals surface area contributed by atoms with Crippen molar-refractivity contribution >= 4 is 17.7 Å². The number of thioether (sulfide) groups is 1. The van der Waals surface area contributed by atoms with Gasteiger partial charge in [0.1, 0.15) is 0 Å². The summed E-state index contributed by atoms with van der Waals surface area (Å²) in [6, 6.07) is 10.2. The molecule has 0 atom stereocenters. The van der Waals surface area contributed by atoms with Crippen LogP contribution in [0.4, 0.5) is 0 Å². The van der Waals surface area contributed by atoms with Crippen LogP contribution in [0, 0.1) is 18.4 Å². The predicted molar refractivity (Wildman–Crippen MR) is 62.8 cm³/mol. The molecule has 0 saturated heterocycles. The van der Waals surface area contributed by atoms with Gasteiger partial charge in [0, 0.05) is 11.8 Å². The van der Waals surface area contributed by atoms with E-state index in [9.17, 15) is 4.79 Å². The van der Waals surface area contributed by atoms with Gasteiger partial charge in [-0.05, 0) is 17.9 Å². The van der Waals surface area contributed by atoms with Crippen LogP contribution in [0.5, 0.6) is 0 Å². The Bertz CT molecular complexity index is 317. The summed E-state index contributed by atoms with van der Waals surface area (Å²) in [5.41, 5.74) is 0. The van der Waals surface area contributed by atoms with Gasteiger partial charge < -0.3 is 16.6 Å². The number of rotatable bonds is 5. The molecule has 0 heterocycles. The monoisotopic (exact) mass is 298 g/mol. The standard InChI is InChI=1S/C11H13O2S.CN.Cu/c1-10(12)13-8-5-9-14-11-6-3-2-4-7-11;1-2;/h2-4,6-8H,5,9H2,1H3;;/q2*-1;+2. The van der Waals surface area contributed by atoms with Crippen molar-refractivity contribution in [3.63, 3.8) is 0 Å². The first-order chi connectivity index (χ1) is 7.79. The molecular weight excluding hydrogens is 286 g/mol. The van der Waals surface area contributed by atoms with Crippen molar-refractivity contribution in [1.29, 1.82) is 5.26 Å². The Labute approximate surface area is 117 Å². The van der Waals surface area contributed by atoms with Gasteiger partial charge in [-0.1, -0.05) is 18.2 Å². The van der Waals surface area contributed by atoms with Gasteiger partial charge >= 0.3 is 17.1 Å². The maximum atomic E-state index is 10.4. The van der Waals surface area contributed by atoms with E-state index < -0.39 is 0 Å². The fraction of sp³-hybridized carbons (Fsp3) is 0.250. The molecule has 0 amide bonds. The van der Waals surface area contributed by atoms with Crippen LogP contribution in [0.15, 0.2) is 35.2 Å². The molecule has 0 aliphatic heterocycles. The number of hydrogen-bond acceptors (Lipinski definition) is 4. The van der Waals surface area contributed by atoms with E-state index in [0.29, 0.717) is 0 Å². The second-order valence-electron chi connectivity index (χ2n) is 2.73. The summed E-state index contributed by atoms with van der Waals surface area (Å²) >= 11 is 1.75. The van der Waals surface area contributed by atoms with Gasteiger partial charge in [-0.2, -0.15) is 6.61 Å². The Morgan fingerprint density at radius 1 is 1.41 bits per heavy atom. The van der Waals surface area contributed by atoms with Crippen molar-refractivity contribution in [1.82, 2.24) is 0 Å². The topological polar surface area (TPSA) is 50.1 Å². The fourth-order valence-corrected chi connectivity index (χ4v) is 1.72. The molecule has 0 aliphatic rings. The maximum Gasteiger partial charge on any atom is 2.00 e. The summed E-state index contributed by atoms with van der Waals surface area (Å²) in [4.78, 5) is 11.7. The van der Waals surface area contributed by atoms with Crippen LogP contribution < -0.4 is 0 Å². The van der Waals surface area contributed by atoms with E-state index >= 15 is 0 Å². The number of hydrogen-bond donors (Lipinski definition) is 0. The van der Waals surface area contributed by atoms with E-state index in [1.807, 2.05) is 18.2 Å². The molecule has 0 aromatic heterocycles. The van der Waals surface area contributed by atoms with Gasteiger partial charge in [-0.15, -0.1) is 18.2 Å². The summed E-state index contributed by atoms with van der Waals surface area (Å²) in [6.07, 6.45) is 0.777. The molecule has 0 bridgehead atoms. The van der Waals surface area contributed by atoms with Gasteiger partial charge in [0.25, 0.3) is 5.97 Å². The van der Waals surface area contributed by atoms with E-state index in [0.717, 1.165) is 12.2 Å². The van der Waals surface area contributed by atoms with Crippen LogP contribution >= 0.6 is 11.8 Å². The van der Waals surface area contributed by atoms with Gasteiger partial charge in [-0.3, -0.25) is 4.79 Å². The third-order valence-electron chi connectivity index (χ3n) is 1.50. The minimum atomic E-state index is -0.255. The average Bonchev–Trinajstić information content (AvgIpc) is 2.32. The van der Waals surface area contributed by atoms with Gasteiger partial charge in [0.05, 0.1) is 0 Å². The summed E-state index contributed by atoms with van der Waals surface area (Å²) in [5.74, 6) is 0.673. The van der Waals surface area contributed by atoms with E-state index in [4.69, 9.17) is 16.6 Å². The first-order valence-electron chi connectivity index (χ1n) is 4.68. The molecular formula is C12H13CuNO2S. The second kappa shape index (κ2) is 13.1. The minimum Gasteiger partial charge on any atom is -0.637 e. The van der Waals surface area contributed by atoms with Crippen molar-refractivity contribution < 1.29 is 26.6 Å². The zero-order valence-corrected chi connectivity index (χ0v) is 11.1. The number of ether oxygens (including phenoxy) is 1.